The van der Waals surface area contributed by atoms with Gasteiger partial charge in [-0.25, -0.2) is 0 Å². The van der Waals surface area contributed by atoms with E-state index in [1.54, 1.807) is 0 Å². The van der Waals surface area contributed by atoms with E-state index >= 15 is 0 Å². The first-order valence-electron chi connectivity index (χ1n) is 3.66. The minimum absolute atomic E-state index is 0.288. The van der Waals surface area contributed by atoms with Crippen LogP contribution in [0.15, 0.2) is 0 Å². The van der Waals surface area contributed by atoms with Gasteiger partial charge in [0.2, 0.25) is 0 Å². The highest BCUT2D eigenvalue weighted by molar-refractivity contribution is 4.96. The van der Waals surface area contributed by atoms with Crippen LogP contribution in [0.3, 0.4) is 0 Å². The Morgan fingerprint density at radius 1 is 1.56 bits per heavy atom. The van der Waals surface area contributed by atoms with Crippen LogP contribution in [0.4, 0.5) is 0 Å². The number of hydrogen-bond donors (Lipinski definition) is 1. The Kier molecular flexibility index (Phi) is 1.08. The van der Waals surface area contributed by atoms with Crippen molar-refractivity contribution in [3.05, 3.63) is 0 Å². The van der Waals surface area contributed by atoms with Crippen molar-refractivity contribution in [2.75, 3.05) is 13.2 Å². The molecule has 1 spiro atoms. The molecule has 0 aromatic carbocycles. The third-order valence-electron chi connectivity index (χ3n) is 2.36. The molecule has 2 heteroatoms. The van der Waals surface area contributed by atoms with Crippen LogP contribution in [0.2, 0.25) is 0 Å². The van der Waals surface area contributed by atoms with Gasteiger partial charge in [0, 0.05) is 12.0 Å². The van der Waals surface area contributed by atoms with Crippen LogP contribution in [0.1, 0.15) is 19.8 Å². The first-order chi connectivity index (χ1) is 4.31. The van der Waals surface area contributed by atoms with Gasteiger partial charge in [-0.15, -0.1) is 0 Å². The van der Waals surface area contributed by atoms with Crippen molar-refractivity contribution in [1.82, 2.24) is 5.32 Å². The van der Waals surface area contributed by atoms with E-state index in [0.717, 1.165) is 6.61 Å². The number of nitrogens with one attached hydrogen (secondary N) is 1. The van der Waals surface area contributed by atoms with Gasteiger partial charge >= 0.3 is 0 Å². The predicted molar refractivity (Wildman–Crippen MR) is 35.1 cm³/mol. The van der Waals surface area contributed by atoms with Crippen LogP contribution in [0.25, 0.3) is 0 Å². The molecule has 0 aromatic heterocycles. The average molecular weight is 127 g/mol. The Bertz CT molecular complexity index is 110. The number of hydrogen-bond acceptors (Lipinski definition) is 2. The minimum Gasteiger partial charge on any atom is -0.363 e. The molecule has 52 valence electrons. The third kappa shape index (κ3) is 0.970. The van der Waals surface area contributed by atoms with E-state index in [1.165, 1.54) is 19.4 Å². The lowest BCUT2D eigenvalue weighted by Crippen LogP contribution is -2.42. The van der Waals surface area contributed by atoms with Gasteiger partial charge in [0.1, 0.15) is 6.23 Å². The zero-order chi connectivity index (χ0) is 6.32. The van der Waals surface area contributed by atoms with E-state index in [2.05, 4.69) is 12.2 Å². The van der Waals surface area contributed by atoms with E-state index in [0.29, 0.717) is 5.41 Å². The van der Waals surface area contributed by atoms with E-state index in [-0.39, 0.29) is 6.23 Å². The van der Waals surface area contributed by atoms with E-state index in [9.17, 15) is 0 Å². The molecule has 1 unspecified atom stereocenters. The van der Waals surface area contributed by atoms with Gasteiger partial charge in [-0.2, -0.15) is 0 Å². The first-order valence-corrected chi connectivity index (χ1v) is 3.66. The van der Waals surface area contributed by atoms with Crippen LogP contribution >= 0.6 is 0 Å². The molecule has 0 radical (unpaired) electrons. The summed E-state index contributed by atoms with van der Waals surface area (Å²) in [5.41, 5.74) is 0.576. The first kappa shape index (κ1) is 5.69. The second-order valence-electron chi connectivity index (χ2n) is 3.33. The van der Waals surface area contributed by atoms with Crippen molar-refractivity contribution in [3.8, 4) is 0 Å². The molecular weight excluding hydrogens is 114 g/mol. The normalized spacial score (nSPS) is 39.0. The summed E-state index contributed by atoms with van der Waals surface area (Å²) < 4.78 is 5.44. The largest absolute Gasteiger partial charge is 0.363 e. The highest BCUT2D eigenvalue weighted by atomic mass is 16.5. The molecule has 9 heavy (non-hydrogen) atoms. The zero-order valence-electron chi connectivity index (χ0n) is 5.81. The molecule has 0 aromatic rings. The van der Waals surface area contributed by atoms with Crippen molar-refractivity contribution in [3.63, 3.8) is 0 Å². The van der Waals surface area contributed by atoms with Crippen LogP contribution in [0, 0.1) is 5.41 Å². The summed E-state index contributed by atoms with van der Waals surface area (Å²) in [7, 11) is 0. The van der Waals surface area contributed by atoms with Crippen LogP contribution in [-0.4, -0.2) is 19.4 Å². The molecule has 1 aliphatic heterocycles. The lowest BCUT2D eigenvalue weighted by Gasteiger charge is -2.27. The van der Waals surface area contributed by atoms with Crippen LogP contribution in [-0.2, 0) is 4.74 Å². The molecule has 0 amide bonds. The second kappa shape index (κ2) is 1.70. The van der Waals surface area contributed by atoms with E-state index < -0.39 is 0 Å². The van der Waals surface area contributed by atoms with Crippen LogP contribution in [0.5, 0.6) is 0 Å². The van der Waals surface area contributed by atoms with Gasteiger partial charge < -0.3 is 4.74 Å². The van der Waals surface area contributed by atoms with Crippen LogP contribution < -0.4 is 5.32 Å². The summed E-state index contributed by atoms with van der Waals surface area (Å²) in [6, 6.07) is 0. The Labute approximate surface area is 55.6 Å². The van der Waals surface area contributed by atoms with Crippen molar-refractivity contribution in [1.29, 1.82) is 0 Å². The highest BCUT2D eigenvalue weighted by Crippen LogP contribution is 2.46. The van der Waals surface area contributed by atoms with E-state index in [4.69, 9.17) is 4.74 Å². The fourth-order valence-corrected chi connectivity index (χ4v) is 1.27. The highest BCUT2D eigenvalue weighted by Gasteiger charge is 2.45. The topological polar surface area (TPSA) is 21.3 Å². The molecule has 2 rings (SSSR count). The van der Waals surface area contributed by atoms with Crippen molar-refractivity contribution in [2.24, 2.45) is 5.41 Å². The molecule has 1 atom stereocenters. The molecular formula is C7H13NO. The summed E-state index contributed by atoms with van der Waals surface area (Å²) in [6.07, 6.45) is 3.02. The predicted octanol–water partition coefficient (Wildman–Crippen LogP) is 0.732. The molecule has 2 aliphatic rings. The monoisotopic (exact) mass is 127 g/mol. The second-order valence-corrected chi connectivity index (χ2v) is 3.33. The summed E-state index contributed by atoms with van der Waals surface area (Å²) in [4.78, 5) is 0. The fourth-order valence-electron chi connectivity index (χ4n) is 1.27. The van der Waals surface area contributed by atoms with Gasteiger partial charge in [-0.1, -0.05) is 0 Å². The standard InChI is InChI=1S/C7H13NO/c1-6-8-4-7(2-3-7)5-9-6/h6,8H,2-5H2,1H3. The van der Waals surface area contributed by atoms with Gasteiger partial charge in [-0.05, 0) is 19.8 Å². The Morgan fingerprint density at radius 3 is 2.78 bits per heavy atom. The Hall–Kier alpha value is -0.0800. The maximum atomic E-state index is 5.44. The van der Waals surface area contributed by atoms with Gasteiger partial charge in [0.15, 0.2) is 0 Å². The van der Waals surface area contributed by atoms with Crippen molar-refractivity contribution >= 4 is 0 Å². The maximum Gasteiger partial charge on any atom is 0.105 e. The Morgan fingerprint density at radius 2 is 2.33 bits per heavy atom. The quantitative estimate of drug-likeness (QED) is 0.518. The molecule has 1 heterocycles. The van der Waals surface area contributed by atoms with Gasteiger partial charge in [-0.3, -0.25) is 5.32 Å². The average Bonchev–Trinajstić information content (AvgIpc) is 2.60. The zero-order valence-corrected chi connectivity index (χ0v) is 5.81. The molecule has 1 saturated carbocycles. The van der Waals surface area contributed by atoms with Crippen molar-refractivity contribution in [2.45, 2.75) is 26.0 Å². The molecule has 2 fully saturated rings. The molecule has 0 bridgehead atoms. The molecule has 1 aliphatic carbocycles. The summed E-state index contributed by atoms with van der Waals surface area (Å²) in [5, 5.41) is 3.31. The number of ether oxygens (including phenoxy) is 1. The maximum absolute atomic E-state index is 5.44. The lowest BCUT2D eigenvalue weighted by molar-refractivity contribution is -0.0255. The lowest BCUT2D eigenvalue weighted by atomic mass is 10.1. The fraction of sp³-hybridized carbons (Fsp3) is 1.00. The summed E-state index contributed by atoms with van der Waals surface area (Å²) >= 11 is 0. The Balaban J connectivity index is 1.91. The third-order valence-corrected chi connectivity index (χ3v) is 2.36. The smallest absolute Gasteiger partial charge is 0.105 e. The van der Waals surface area contributed by atoms with Gasteiger partial charge in [0.05, 0.1) is 6.61 Å². The molecule has 1 saturated heterocycles. The minimum atomic E-state index is 0.288. The SMILES string of the molecule is CC1NCC2(CC2)CO1. The van der Waals surface area contributed by atoms with Crippen molar-refractivity contribution < 1.29 is 4.74 Å². The molecule has 1 N–H and O–H groups in total. The number of rotatable bonds is 0. The summed E-state index contributed by atoms with van der Waals surface area (Å²) in [6.45, 7) is 4.23. The summed E-state index contributed by atoms with van der Waals surface area (Å²) in [5.74, 6) is 0. The van der Waals surface area contributed by atoms with E-state index in [1.807, 2.05) is 0 Å². The molecule has 2 nitrogen and oxygen atoms in total. The van der Waals surface area contributed by atoms with Gasteiger partial charge in [0.25, 0.3) is 0 Å².